The van der Waals surface area contributed by atoms with Crippen molar-refractivity contribution in [3.63, 3.8) is 0 Å². The van der Waals surface area contributed by atoms with Crippen molar-refractivity contribution in [2.45, 2.75) is 32.2 Å². The van der Waals surface area contributed by atoms with Gasteiger partial charge in [0.1, 0.15) is 0 Å². The van der Waals surface area contributed by atoms with Crippen LogP contribution in [0.5, 0.6) is 0 Å². The molecular weight excluding hydrogens is 153 g/mol. The Morgan fingerprint density at radius 2 is 2.58 bits per heavy atom. The van der Waals surface area contributed by atoms with Crippen LogP contribution in [0.1, 0.15) is 26.2 Å². The number of hydrogen-bond acceptors (Lipinski definition) is 2. The summed E-state index contributed by atoms with van der Waals surface area (Å²) in [6.07, 6.45) is 4.81. The predicted molar refractivity (Wildman–Crippen MR) is 47.5 cm³/mol. The number of nitrogens with one attached hydrogen (secondary N) is 1. The molecule has 1 aliphatic rings. The molecule has 0 fully saturated rings. The van der Waals surface area contributed by atoms with Gasteiger partial charge in [0, 0.05) is 13.0 Å². The molecule has 0 saturated carbocycles. The summed E-state index contributed by atoms with van der Waals surface area (Å²) in [5.41, 5.74) is 0.917. The lowest BCUT2D eigenvalue weighted by molar-refractivity contribution is -0.119. The maximum atomic E-state index is 10.7. The molecule has 65 valence electrons. The van der Waals surface area contributed by atoms with E-state index in [9.17, 15) is 4.79 Å². The van der Waals surface area contributed by atoms with Crippen molar-refractivity contribution >= 4 is 13.4 Å². The third-order valence-electron chi connectivity index (χ3n) is 1.95. The molecule has 2 N–H and O–H groups in total. The van der Waals surface area contributed by atoms with Gasteiger partial charge in [-0.3, -0.25) is 4.79 Å². The molecule has 0 spiro atoms. The van der Waals surface area contributed by atoms with Crippen molar-refractivity contribution in [3.05, 3.63) is 11.5 Å². The molecule has 1 aliphatic carbocycles. The maximum absolute atomic E-state index is 10.7. The fraction of sp³-hybridized carbons (Fsp3) is 0.625. The van der Waals surface area contributed by atoms with Gasteiger partial charge in [-0.15, -0.1) is 0 Å². The molecule has 1 amide bonds. The van der Waals surface area contributed by atoms with Crippen molar-refractivity contribution in [3.8, 4) is 0 Å². The van der Waals surface area contributed by atoms with Crippen LogP contribution in [0, 0.1) is 0 Å². The van der Waals surface area contributed by atoms with Gasteiger partial charge >= 0.3 is 7.48 Å². The topological polar surface area (TPSA) is 49.3 Å². The number of amides is 1. The Hall–Kier alpha value is -0.765. The third kappa shape index (κ3) is 2.70. The molecule has 0 aliphatic heterocycles. The Morgan fingerprint density at radius 3 is 3.17 bits per heavy atom. The number of carbonyl (C=O) groups is 1. The molecule has 3 nitrogen and oxygen atoms in total. The SMILES string of the molecule is CC(=O)NC1C=C([B]O)CCC1. The normalized spacial score (nSPS) is 22.8. The summed E-state index contributed by atoms with van der Waals surface area (Å²) in [6, 6.07) is 0.106. The second-order valence-electron chi connectivity index (χ2n) is 3.07. The third-order valence-corrected chi connectivity index (χ3v) is 1.95. The first kappa shape index (κ1) is 9.32. The second-order valence-corrected chi connectivity index (χ2v) is 3.07. The minimum absolute atomic E-state index is 0.0181. The largest absolute Gasteiger partial charge is 0.450 e. The van der Waals surface area contributed by atoms with Crippen molar-refractivity contribution in [2.24, 2.45) is 0 Å². The molecule has 4 heteroatoms. The molecular formula is C8H13BNO2. The van der Waals surface area contributed by atoms with Gasteiger partial charge in [-0.1, -0.05) is 11.5 Å². The summed E-state index contributed by atoms with van der Waals surface area (Å²) in [4.78, 5) is 10.7. The van der Waals surface area contributed by atoms with Crippen molar-refractivity contribution in [1.82, 2.24) is 5.32 Å². The van der Waals surface area contributed by atoms with E-state index >= 15 is 0 Å². The number of allylic oxidation sites excluding steroid dienone is 1. The maximum Gasteiger partial charge on any atom is 0.322 e. The van der Waals surface area contributed by atoms with Crippen LogP contribution in [0.25, 0.3) is 0 Å². The smallest absolute Gasteiger partial charge is 0.322 e. The van der Waals surface area contributed by atoms with Crippen molar-refractivity contribution in [2.75, 3.05) is 0 Å². The van der Waals surface area contributed by atoms with Gasteiger partial charge in [0.15, 0.2) is 0 Å². The number of rotatable bonds is 2. The number of hydrogen-bond donors (Lipinski definition) is 2. The van der Waals surface area contributed by atoms with Gasteiger partial charge < -0.3 is 10.3 Å². The van der Waals surface area contributed by atoms with E-state index in [1.165, 1.54) is 6.92 Å². The molecule has 0 aromatic rings. The van der Waals surface area contributed by atoms with E-state index < -0.39 is 0 Å². The van der Waals surface area contributed by atoms with E-state index in [-0.39, 0.29) is 11.9 Å². The first-order valence-corrected chi connectivity index (χ1v) is 4.17. The van der Waals surface area contributed by atoms with Crippen LogP contribution in [0.15, 0.2) is 11.5 Å². The Bertz CT molecular complexity index is 203. The van der Waals surface area contributed by atoms with E-state index in [0.29, 0.717) is 0 Å². The zero-order valence-corrected chi connectivity index (χ0v) is 7.21. The van der Waals surface area contributed by atoms with Gasteiger partial charge in [0.25, 0.3) is 0 Å². The van der Waals surface area contributed by atoms with Crippen LogP contribution in [0.3, 0.4) is 0 Å². The highest BCUT2D eigenvalue weighted by atomic mass is 16.2. The summed E-state index contributed by atoms with van der Waals surface area (Å²) in [7, 11) is 1.12. The summed E-state index contributed by atoms with van der Waals surface area (Å²) in [5, 5.41) is 11.5. The fourth-order valence-corrected chi connectivity index (χ4v) is 1.43. The van der Waals surface area contributed by atoms with Crippen LogP contribution >= 0.6 is 0 Å². The molecule has 1 rings (SSSR count). The molecule has 1 unspecified atom stereocenters. The Kier molecular flexibility index (Phi) is 3.35. The minimum atomic E-state index is -0.0181. The molecule has 12 heavy (non-hydrogen) atoms. The Morgan fingerprint density at radius 1 is 1.83 bits per heavy atom. The molecule has 0 bridgehead atoms. The van der Waals surface area contributed by atoms with Crippen LogP contribution in [0.2, 0.25) is 0 Å². The summed E-state index contributed by atoms with van der Waals surface area (Å²) in [6.45, 7) is 1.50. The average molecular weight is 166 g/mol. The zero-order valence-electron chi connectivity index (χ0n) is 7.21. The van der Waals surface area contributed by atoms with E-state index in [2.05, 4.69) is 5.32 Å². The van der Waals surface area contributed by atoms with E-state index in [0.717, 1.165) is 32.2 Å². The first-order valence-electron chi connectivity index (χ1n) is 4.17. The van der Waals surface area contributed by atoms with Gasteiger partial charge in [-0.2, -0.15) is 0 Å². The summed E-state index contributed by atoms with van der Waals surface area (Å²) >= 11 is 0. The molecule has 0 saturated heterocycles. The second kappa shape index (κ2) is 4.31. The fourth-order valence-electron chi connectivity index (χ4n) is 1.43. The molecule has 0 aromatic carbocycles. The highest BCUT2D eigenvalue weighted by Crippen LogP contribution is 2.16. The molecule has 1 radical (unpaired) electrons. The van der Waals surface area contributed by atoms with Gasteiger partial charge in [-0.25, -0.2) is 0 Å². The van der Waals surface area contributed by atoms with Crippen LogP contribution in [-0.4, -0.2) is 24.5 Å². The zero-order chi connectivity index (χ0) is 8.97. The van der Waals surface area contributed by atoms with Gasteiger partial charge in [0.05, 0.1) is 0 Å². The lowest BCUT2D eigenvalue weighted by Crippen LogP contribution is -2.33. The Labute approximate surface area is 73.1 Å². The van der Waals surface area contributed by atoms with Crippen LogP contribution < -0.4 is 5.32 Å². The number of carbonyl (C=O) groups excluding carboxylic acids is 1. The van der Waals surface area contributed by atoms with Crippen molar-refractivity contribution < 1.29 is 9.82 Å². The molecule has 1 atom stereocenters. The van der Waals surface area contributed by atoms with E-state index in [1.807, 2.05) is 6.08 Å². The van der Waals surface area contributed by atoms with Crippen LogP contribution in [-0.2, 0) is 4.79 Å². The Balaban J connectivity index is 2.49. The highest BCUT2D eigenvalue weighted by molar-refractivity contribution is 6.36. The summed E-state index contributed by atoms with van der Waals surface area (Å²) < 4.78 is 0. The quantitative estimate of drug-likeness (QED) is 0.574. The summed E-state index contributed by atoms with van der Waals surface area (Å²) in [5.74, 6) is -0.0181. The minimum Gasteiger partial charge on any atom is -0.450 e. The van der Waals surface area contributed by atoms with Gasteiger partial charge in [-0.05, 0) is 19.3 Å². The molecule has 0 aromatic heterocycles. The first-order chi connectivity index (χ1) is 5.72. The lowest BCUT2D eigenvalue weighted by Gasteiger charge is -2.20. The average Bonchev–Trinajstić information content (AvgIpc) is 2.03. The monoisotopic (exact) mass is 166 g/mol. The molecule has 0 heterocycles. The van der Waals surface area contributed by atoms with E-state index in [4.69, 9.17) is 5.02 Å². The van der Waals surface area contributed by atoms with Crippen molar-refractivity contribution in [1.29, 1.82) is 0 Å². The lowest BCUT2D eigenvalue weighted by atomic mass is 9.79. The van der Waals surface area contributed by atoms with Gasteiger partial charge in [0.2, 0.25) is 5.91 Å². The highest BCUT2D eigenvalue weighted by Gasteiger charge is 2.13. The van der Waals surface area contributed by atoms with Crippen LogP contribution in [0.4, 0.5) is 0 Å². The standard InChI is InChI=1S/C8H13BNO2/c1-6(11)10-8-4-2-3-7(5-8)9-12/h5,8,12H,2-4H2,1H3,(H,10,11). The van der Waals surface area contributed by atoms with E-state index in [1.54, 1.807) is 0 Å². The predicted octanol–water partition coefficient (Wildman–Crippen LogP) is 0.170.